The van der Waals surface area contributed by atoms with Gasteiger partial charge in [0.1, 0.15) is 0 Å². The number of nitrogens with one attached hydrogen (secondary N) is 1. The second-order valence-corrected chi connectivity index (χ2v) is 8.87. The minimum absolute atomic E-state index is 0.0734. The predicted octanol–water partition coefficient (Wildman–Crippen LogP) is 7.19. The van der Waals surface area contributed by atoms with Gasteiger partial charge >= 0.3 is 0 Å². The Kier molecular flexibility index (Phi) is 7.36. The fourth-order valence-electron chi connectivity index (χ4n) is 4.40. The van der Waals surface area contributed by atoms with Crippen LogP contribution in [0.2, 0.25) is 0 Å². The molecule has 0 fully saturated rings. The maximum Gasteiger partial charge on any atom is 0.228 e. The van der Waals surface area contributed by atoms with Crippen molar-refractivity contribution in [1.82, 2.24) is 5.32 Å². The summed E-state index contributed by atoms with van der Waals surface area (Å²) in [6.45, 7) is 4.22. The van der Waals surface area contributed by atoms with E-state index in [-0.39, 0.29) is 23.8 Å². The molecule has 0 saturated carbocycles. The Balaban J connectivity index is 1.61. The van der Waals surface area contributed by atoms with Gasteiger partial charge < -0.3 is 5.32 Å². The fraction of sp³-hybridized carbons (Fsp3) is 0.194. The van der Waals surface area contributed by atoms with Crippen molar-refractivity contribution in [3.05, 3.63) is 132 Å². The average Bonchev–Trinajstić information content (AvgIpc) is 2.85. The molecule has 166 valence electrons. The van der Waals surface area contributed by atoms with Crippen molar-refractivity contribution in [3.63, 3.8) is 0 Å². The standard InChI is InChI=1S/C31H31NO/c1-23(2)30(28-16-10-5-11-17-28)31(33)32-29(22-24-12-6-3-7-13-24)27-20-18-26(19-21-27)25-14-8-4-9-15-25/h3-21,23,29-30H,22H2,1-2H3,(H,32,33). The molecule has 0 saturated heterocycles. The minimum Gasteiger partial charge on any atom is -0.348 e. The molecule has 1 N–H and O–H groups in total. The molecule has 4 rings (SSSR count). The quantitative estimate of drug-likeness (QED) is 0.313. The van der Waals surface area contributed by atoms with Crippen LogP contribution in [0.25, 0.3) is 11.1 Å². The Hall–Kier alpha value is -3.65. The van der Waals surface area contributed by atoms with E-state index in [1.54, 1.807) is 0 Å². The van der Waals surface area contributed by atoms with Gasteiger partial charge in [-0.05, 0) is 40.2 Å². The van der Waals surface area contributed by atoms with Crippen molar-refractivity contribution < 1.29 is 4.79 Å². The van der Waals surface area contributed by atoms with Crippen molar-refractivity contribution in [3.8, 4) is 11.1 Å². The average molecular weight is 434 g/mol. The Labute approximate surface area is 197 Å². The first-order valence-corrected chi connectivity index (χ1v) is 11.7. The molecule has 0 aliphatic rings. The highest BCUT2D eigenvalue weighted by molar-refractivity contribution is 5.84. The molecular weight excluding hydrogens is 402 g/mol. The molecule has 1 amide bonds. The van der Waals surface area contributed by atoms with E-state index in [0.717, 1.165) is 17.5 Å². The molecule has 2 atom stereocenters. The Bertz CT molecular complexity index is 1140. The number of carbonyl (C=O) groups is 1. The van der Waals surface area contributed by atoms with E-state index in [2.05, 4.69) is 79.8 Å². The van der Waals surface area contributed by atoms with E-state index in [4.69, 9.17) is 0 Å². The first kappa shape index (κ1) is 22.5. The van der Waals surface area contributed by atoms with E-state index in [1.165, 1.54) is 16.7 Å². The third kappa shape index (κ3) is 5.78. The summed E-state index contributed by atoms with van der Waals surface area (Å²) >= 11 is 0. The normalized spacial score (nSPS) is 12.8. The molecule has 2 unspecified atom stereocenters. The number of hydrogen-bond donors (Lipinski definition) is 1. The van der Waals surface area contributed by atoms with E-state index >= 15 is 0 Å². The Morgan fingerprint density at radius 1 is 0.636 bits per heavy atom. The summed E-state index contributed by atoms with van der Waals surface area (Å²) in [5.41, 5.74) is 5.74. The fourth-order valence-corrected chi connectivity index (χ4v) is 4.40. The minimum atomic E-state index is -0.187. The van der Waals surface area contributed by atoms with Gasteiger partial charge in [-0.1, -0.05) is 129 Å². The second-order valence-electron chi connectivity index (χ2n) is 8.87. The van der Waals surface area contributed by atoms with E-state index in [0.29, 0.717) is 0 Å². The van der Waals surface area contributed by atoms with Gasteiger partial charge in [0.15, 0.2) is 0 Å². The van der Waals surface area contributed by atoms with E-state index < -0.39 is 0 Å². The first-order chi connectivity index (χ1) is 16.1. The molecule has 0 aliphatic carbocycles. The first-order valence-electron chi connectivity index (χ1n) is 11.7. The summed E-state index contributed by atoms with van der Waals surface area (Å²) < 4.78 is 0. The maximum atomic E-state index is 13.5. The molecule has 2 nitrogen and oxygen atoms in total. The van der Waals surface area contributed by atoms with Crippen LogP contribution in [0.1, 0.15) is 42.5 Å². The van der Waals surface area contributed by atoms with Crippen LogP contribution in [0.4, 0.5) is 0 Å². The third-order valence-corrected chi connectivity index (χ3v) is 6.13. The van der Waals surface area contributed by atoms with Crippen molar-refractivity contribution in [2.45, 2.75) is 32.2 Å². The highest BCUT2D eigenvalue weighted by atomic mass is 16.2. The van der Waals surface area contributed by atoms with Crippen LogP contribution in [-0.2, 0) is 11.2 Å². The van der Waals surface area contributed by atoms with E-state index in [9.17, 15) is 4.79 Å². The largest absolute Gasteiger partial charge is 0.348 e. The Morgan fingerprint density at radius 3 is 1.73 bits per heavy atom. The topological polar surface area (TPSA) is 29.1 Å². The third-order valence-electron chi connectivity index (χ3n) is 6.13. The van der Waals surface area contributed by atoms with Crippen LogP contribution < -0.4 is 5.32 Å². The molecule has 4 aromatic carbocycles. The lowest BCUT2D eigenvalue weighted by Gasteiger charge is -2.26. The van der Waals surface area contributed by atoms with Gasteiger partial charge in [-0.25, -0.2) is 0 Å². The highest BCUT2D eigenvalue weighted by Crippen LogP contribution is 2.28. The highest BCUT2D eigenvalue weighted by Gasteiger charge is 2.26. The smallest absolute Gasteiger partial charge is 0.228 e. The number of amides is 1. The summed E-state index contributed by atoms with van der Waals surface area (Å²) in [5, 5.41) is 3.38. The van der Waals surface area contributed by atoms with Crippen molar-refractivity contribution >= 4 is 5.91 Å². The lowest BCUT2D eigenvalue weighted by molar-refractivity contribution is -0.124. The molecular formula is C31H31NO. The number of hydrogen-bond acceptors (Lipinski definition) is 1. The zero-order chi connectivity index (χ0) is 23.0. The van der Waals surface area contributed by atoms with E-state index in [1.807, 2.05) is 54.6 Å². The summed E-state index contributed by atoms with van der Waals surface area (Å²) in [7, 11) is 0. The van der Waals surface area contributed by atoms with Gasteiger partial charge in [0.25, 0.3) is 0 Å². The van der Waals surface area contributed by atoms with Crippen molar-refractivity contribution in [2.75, 3.05) is 0 Å². The number of carbonyl (C=O) groups excluding carboxylic acids is 1. The van der Waals surface area contributed by atoms with Gasteiger partial charge in [-0.15, -0.1) is 0 Å². The molecule has 0 aromatic heterocycles. The van der Waals surface area contributed by atoms with Crippen LogP contribution >= 0.6 is 0 Å². The van der Waals surface area contributed by atoms with Gasteiger partial charge in [0, 0.05) is 0 Å². The molecule has 33 heavy (non-hydrogen) atoms. The number of rotatable bonds is 8. The van der Waals surface area contributed by atoms with Crippen LogP contribution in [-0.4, -0.2) is 5.91 Å². The van der Waals surface area contributed by atoms with Gasteiger partial charge in [-0.3, -0.25) is 4.79 Å². The van der Waals surface area contributed by atoms with Crippen LogP contribution in [0.5, 0.6) is 0 Å². The molecule has 0 radical (unpaired) electrons. The SMILES string of the molecule is CC(C)C(C(=O)NC(Cc1ccccc1)c1ccc(-c2ccccc2)cc1)c1ccccc1. The monoisotopic (exact) mass is 433 g/mol. The molecule has 0 bridgehead atoms. The van der Waals surface area contributed by atoms with Gasteiger partial charge in [0.2, 0.25) is 5.91 Å². The summed E-state index contributed by atoms with van der Waals surface area (Å²) in [4.78, 5) is 13.5. The number of benzene rings is 4. The van der Waals surface area contributed by atoms with Crippen LogP contribution in [0.3, 0.4) is 0 Å². The summed E-state index contributed by atoms with van der Waals surface area (Å²) in [6, 6.07) is 39.3. The van der Waals surface area contributed by atoms with Gasteiger partial charge in [-0.2, -0.15) is 0 Å². The lowest BCUT2D eigenvalue weighted by atomic mass is 9.87. The Morgan fingerprint density at radius 2 is 1.15 bits per heavy atom. The zero-order valence-electron chi connectivity index (χ0n) is 19.3. The maximum absolute atomic E-state index is 13.5. The predicted molar refractivity (Wildman–Crippen MR) is 137 cm³/mol. The van der Waals surface area contributed by atoms with Crippen molar-refractivity contribution in [2.24, 2.45) is 5.92 Å². The lowest BCUT2D eigenvalue weighted by Crippen LogP contribution is -2.36. The molecule has 4 aromatic rings. The summed E-state index contributed by atoms with van der Waals surface area (Å²) in [6.07, 6.45) is 0.747. The zero-order valence-corrected chi connectivity index (χ0v) is 19.3. The summed E-state index contributed by atoms with van der Waals surface area (Å²) in [5.74, 6) is 0.0857. The van der Waals surface area contributed by atoms with Crippen LogP contribution in [0.15, 0.2) is 115 Å². The van der Waals surface area contributed by atoms with Crippen molar-refractivity contribution in [1.29, 1.82) is 0 Å². The molecule has 0 spiro atoms. The van der Waals surface area contributed by atoms with Gasteiger partial charge in [0.05, 0.1) is 12.0 Å². The van der Waals surface area contributed by atoms with Crippen LogP contribution in [0, 0.1) is 5.92 Å². The molecule has 0 aliphatic heterocycles. The molecule has 2 heteroatoms. The second kappa shape index (κ2) is 10.8. The molecule has 0 heterocycles.